The smallest absolute Gasteiger partial charge is 0.329 e. The summed E-state index contributed by atoms with van der Waals surface area (Å²) < 4.78 is 25.8. The zero-order chi connectivity index (χ0) is 20.3. The molecule has 0 radical (unpaired) electrons. The van der Waals surface area contributed by atoms with Crippen LogP contribution in [-0.2, 0) is 34.5 Å². The number of hydrogen-bond donors (Lipinski definition) is 2. The average Bonchev–Trinajstić information content (AvgIpc) is 2.95. The summed E-state index contributed by atoms with van der Waals surface area (Å²) in [6.45, 7) is 3.01. The Kier molecular flexibility index (Phi) is 5.66. The van der Waals surface area contributed by atoms with Crippen molar-refractivity contribution in [3.05, 3.63) is 64.6 Å². The number of rotatable bonds is 7. The molecule has 1 aromatic heterocycles. The van der Waals surface area contributed by atoms with Gasteiger partial charge in [0.05, 0.1) is 15.9 Å². The number of benzene rings is 2. The van der Waals surface area contributed by atoms with Crippen LogP contribution >= 0.6 is 0 Å². The lowest BCUT2D eigenvalue weighted by atomic mass is 10.2. The van der Waals surface area contributed by atoms with Gasteiger partial charge in [0.2, 0.25) is 15.9 Å². The molecule has 2 aromatic carbocycles. The molecule has 1 amide bonds. The van der Waals surface area contributed by atoms with E-state index in [9.17, 15) is 18.0 Å². The number of carbonyl (C=O) groups excluding carboxylic acids is 1. The predicted octanol–water partition coefficient (Wildman–Crippen LogP) is 1.18. The minimum atomic E-state index is -3.73. The summed E-state index contributed by atoms with van der Waals surface area (Å²) in [5.74, 6) is -0.198. The fraction of sp³-hybridized carbons (Fsp3) is 0.263. The Hall–Kier alpha value is -2.91. The van der Waals surface area contributed by atoms with Gasteiger partial charge in [0, 0.05) is 26.1 Å². The molecule has 3 aromatic rings. The second-order valence-electron chi connectivity index (χ2n) is 6.38. The van der Waals surface area contributed by atoms with Crippen molar-refractivity contribution in [2.45, 2.75) is 37.9 Å². The summed E-state index contributed by atoms with van der Waals surface area (Å²) in [7, 11) is -3.73. The summed E-state index contributed by atoms with van der Waals surface area (Å²) in [5, 5.41) is 7.83. The van der Waals surface area contributed by atoms with Crippen LogP contribution in [0.5, 0.6) is 0 Å². The van der Waals surface area contributed by atoms with Crippen LogP contribution in [-0.4, -0.2) is 23.5 Å². The van der Waals surface area contributed by atoms with Gasteiger partial charge in [-0.05, 0) is 36.8 Å². The van der Waals surface area contributed by atoms with Crippen LogP contribution in [0.15, 0.2) is 58.2 Å². The molecule has 0 aliphatic heterocycles. The van der Waals surface area contributed by atoms with Crippen molar-refractivity contribution >= 4 is 27.0 Å². The Balaban J connectivity index is 1.63. The van der Waals surface area contributed by atoms with E-state index in [1.807, 2.05) is 31.2 Å². The van der Waals surface area contributed by atoms with Gasteiger partial charge in [-0.25, -0.2) is 18.4 Å². The molecule has 0 saturated carbocycles. The number of primary sulfonamides is 1. The summed E-state index contributed by atoms with van der Waals surface area (Å²) in [6.07, 6.45) is 0.160. The lowest BCUT2D eigenvalue weighted by Gasteiger charge is -2.07. The highest BCUT2D eigenvalue weighted by Gasteiger charge is 2.13. The first kappa shape index (κ1) is 19.8. The lowest BCUT2D eigenvalue weighted by molar-refractivity contribution is -0.121. The standard InChI is InChI=1S/C19H22N4O4S/c1-2-22-16-5-3-4-6-17(16)23(19(22)25)12-11-18(24)21-13-14-7-9-15(10-8-14)28(20,26)27/h3-10H,2,11-13H2,1H3,(H,21,24)(H2,20,26,27). The number of nitrogens with two attached hydrogens (primary N) is 1. The number of nitrogens with zero attached hydrogens (tertiary/aromatic N) is 2. The molecule has 0 aliphatic carbocycles. The molecule has 0 aliphatic rings. The highest BCUT2D eigenvalue weighted by molar-refractivity contribution is 7.89. The van der Waals surface area contributed by atoms with Crippen LogP contribution in [0.25, 0.3) is 11.0 Å². The van der Waals surface area contributed by atoms with Crippen molar-refractivity contribution in [2.75, 3.05) is 0 Å². The zero-order valence-electron chi connectivity index (χ0n) is 15.5. The van der Waals surface area contributed by atoms with Gasteiger partial charge >= 0.3 is 5.69 Å². The molecule has 0 saturated heterocycles. The van der Waals surface area contributed by atoms with E-state index in [2.05, 4.69) is 5.32 Å². The van der Waals surface area contributed by atoms with E-state index in [0.29, 0.717) is 6.54 Å². The van der Waals surface area contributed by atoms with E-state index in [1.54, 1.807) is 21.3 Å². The number of imidazole rings is 1. The van der Waals surface area contributed by atoms with Crippen LogP contribution in [0.1, 0.15) is 18.9 Å². The van der Waals surface area contributed by atoms with Crippen LogP contribution in [0, 0.1) is 0 Å². The molecule has 9 heteroatoms. The number of nitrogens with one attached hydrogen (secondary N) is 1. The van der Waals surface area contributed by atoms with Crippen LogP contribution in [0.4, 0.5) is 0 Å². The van der Waals surface area contributed by atoms with Gasteiger partial charge in [-0.1, -0.05) is 24.3 Å². The van der Waals surface area contributed by atoms with Crippen molar-refractivity contribution in [1.82, 2.24) is 14.5 Å². The molecular weight excluding hydrogens is 380 g/mol. The molecule has 1 heterocycles. The van der Waals surface area contributed by atoms with Crippen LogP contribution < -0.4 is 16.1 Å². The molecule has 0 unspecified atom stereocenters. The summed E-state index contributed by atoms with van der Waals surface area (Å²) in [4.78, 5) is 24.8. The Morgan fingerprint density at radius 2 is 1.64 bits per heavy atom. The molecule has 0 atom stereocenters. The second kappa shape index (κ2) is 7.99. The van der Waals surface area contributed by atoms with E-state index in [-0.39, 0.29) is 36.0 Å². The molecule has 3 rings (SSSR count). The number of carbonyl (C=O) groups is 1. The first-order valence-electron chi connectivity index (χ1n) is 8.87. The van der Waals surface area contributed by atoms with Gasteiger partial charge in [0.1, 0.15) is 0 Å². The van der Waals surface area contributed by atoms with Gasteiger partial charge in [-0.2, -0.15) is 0 Å². The Bertz CT molecular complexity index is 1160. The Labute approximate surface area is 162 Å². The largest absolute Gasteiger partial charge is 0.352 e. The summed E-state index contributed by atoms with van der Waals surface area (Å²) in [5.41, 5.74) is 2.28. The fourth-order valence-electron chi connectivity index (χ4n) is 3.09. The molecule has 8 nitrogen and oxygen atoms in total. The first-order valence-corrected chi connectivity index (χ1v) is 10.4. The molecule has 0 spiro atoms. The van der Waals surface area contributed by atoms with Crippen molar-refractivity contribution in [3.63, 3.8) is 0 Å². The second-order valence-corrected chi connectivity index (χ2v) is 7.94. The SMILES string of the molecule is CCn1c(=O)n(CCC(=O)NCc2ccc(S(N)(=O)=O)cc2)c2ccccc21. The highest BCUT2D eigenvalue weighted by atomic mass is 32.2. The van der Waals surface area contributed by atoms with Crippen molar-refractivity contribution in [2.24, 2.45) is 5.14 Å². The molecule has 0 bridgehead atoms. The average molecular weight is 402 g/mol. The number of aryl methyl sites for hydroxylation is 2. The number of amides is 1. The Morgan fingerprint density at radius 3 is 2.21 bits per heavy atom. The third-order valence-electron chi connectivity index (χ3n) is 4.55. The maximum absolute atomic E-state index is 12.6. The van der Waals surface area contributed by atoms with E-state index in [0.717, 1.165) is 16.6 Å². The summed E-state index contributed by atoms with van der Waals surface area (Å²) in [6, 6.07) is 13.5. The predicted molar refractivity (Wildman–Crippen MR) is 106 cm³/mol. The van der Waals surface area contributed by atoms with Crippen LogP contribution in [0.3, 0.4) is 0 Å². The molecular formula is C19H22N4O4S. The van der Waals surface area contributed by atoms with E-state index < -0.39 is 10.0 Å². The summed E-state index contributed by atoms with van der Waals surface area (Å²) >= 11 is 0. The Morgan fingerprint density at radius 1 is 1.04 bits per heavy atom. The third kappa shape index (κ3) is 4.15. The van der Waals surface area contributed by atoms with Gasteiger partial charge in [0.25, 0.3) is 0 Å². The normalized spacial score (nSPS) is 11.6. The topological polar surface area (TPSA) is 116 Å². The van der Waals surface area contributed by atoms with E-state index >= 15 is 0 Å². The maximum atomic E-state index is 12.6. The number of hydrogen-bond acceptors (Lipinski definition) is 4. The zero-order valence-corrected chi connectivity index (χ0v) is 16.3. The van der Waals surface area contributed by atoms with Gasteiger partial charge in [-0.15, -0.1) is 0 Å². The van der Waals surface area contributed by atoms with Gasteiger partial charge in [-0.3, -0.25) is 13.9 Å². The minimum absolute atomic E-state index is 0.0225. The molecule has 0 fully saturated rings. The van der Waals surface area contributed by atoms with E-state index in [4.69, 9.17) is 5.14 Å². The quantitative estimate of drug-likeness (QED) is 0.617. The third-order valence-corrected chi connectivity index (χ3v) is 5.47. The number of fused-ring (bicyclic) bond motifs is 1. The first-order chi connectivity index (χ1) is 13.3. The maximum Gasteiger partial charge on any atom is 0.329 e. The highest BCUT2D eigenvalue weighted by Crippen LogP contribution is 2.13. The molecule has 3 N–H and O–H groups in total. The number of para-hydroxylation sites is 2. The fourth-order valence-corrected chi connectivity index (χ4v) is 3.61. The number of aromatic nitrogens is 2. The molecule has 148 valence electrons. The van der Waals surface area contributed by atoms with Gasteiger partial charge in [0.15, 0.2) is 0 Å². The molecule has 28 heavy (non-hydrogen) atoms. The van der Waals surface area contributed by atoms with Crippen LogP contribution in [0.2, 0.25) is 0 Å². The monoisotopic (exact) mass is 402 g/mol. The van der Waals surface area contributed by atoms with E-state index in [1.165, 1.54) is 12.1 Å². The van der Waals surface area contributed by atoms with Gasteiger partial charge < -0.3 is 5.32 Å². The van der Waals surface area contributed by atoms with Crippen molar-refractivity contribution in [1.29, 1.82) is 0 Å². The van der Waals surface area contributed by atoms with Crippen molar-refractivity contribution in [3.8, 4) is 0 Å². The van der Waals surface area contributed by atoms with Crippen molar-refractivity contribution < 1.29 is 13.2 Å². The number of sulfonamides is 1. The lowest BCUT2D eigenvalue weighted by Crippen LogP contribution is -2.28. The minimum Gasteiger partial charge on any atom is -0.352 e.